The SMILES string of the molecule is C1=c2ccc([nH]2)=Cc2ccc([nH]2)C=c2[nH]c(c3ccccc23)=Cc2ccc1[nH]2.[Cd]. The Balaban J connectivity index is 0.00000181. The summed E-state index contributed by atoms with van der Waals surface area (Å²) in [5, 5.41) is 6.76. The molecule has 0 amide bonds. The van der Waals surface area contributed by atoms with Crippen molar-refractivity contribution in [3.8, 4) is 0 Å². The molecule has 8 bridgehead atoms. The normalized spacial score (nSPS) is 12.3. The molecule has 0 atom stereocenters. The van der Waals surface area contributed by atoms with Crippen LogP contribution in [0, 0.1) is 0 Å². The number of hydrogen-bond donors (Lipinski definition) is 4. The minimum atomic E-state index is 0. The molecule has 6 rings (SSSR count). The Morgan fingerprint density at radius 3 is 1.34 bits per heavy atom. The fraction of sp³-hybridized carbons (Fsp3) is 0. The van der Waals surface area contributed by atoms with E-state index < -0.39 is 0 Å². The van der Waals surface area contributed by atoms with Gasteiger partial charge in [-0.2, -0.15) is 0 Å². The van der Waals surface area contributed by atoms with Crippen LogP contribution < -0.4 is 21.4 Å². The predicted molar refractivity (Wildman–Crippen MR) is 113 cm³/mol. The number of aromatic nitrogens is 4. The van der Waals surface area contributed by atoms with Crippen molar-refractivity contribution in [1.29, 1.82) is 0 Å². The van der Waals surface area contributed by atoms with Crippen molar-refractivity contribution in [3.05, 3.63) is 105 Å². The first kappa shape index (κ1) is 18.1. The van der Waals surface area contributed by atoms with Gasteiger partial charge in [0.1, 0.15) is 0 Å². The van der Waals surface area contributed by atoms with E-state index in [0.717, 1.165) is 44.2 Å². The van der Waals surface area contributed by atoms with Crippen LogP contribution in [0.15, 0.2) is 60.7 Å². The van der Waals surface area contributed by atoms with Crippen molar-refractivity contribution in [3.63, 3.8) is 0 Å². The molecule has 1 aliphatic heterocycles. The Morgan fingerprint density at radius 1 is 0.414 bits per heavy atom. The largest absolute Gasteiger partial charge is 0.355 e. The minimum absolute atomic E-state index is 0. The molecule has 29 heavy (non-hydrogen) atoms. The van der Waals surface area contributed by atoms with E-state index in [2.05, 4.69) is 105 Å². The number of benzene rings is 1. The third-order valence-electron chi connectivity index (χ3n) is 5.19. The number of hydrogen-bond acceptors (Lipinski definition) is 0. The average molecular weight is 475 g/mol. The Morgan fingerprint density at radius 2 is 0.862 bits per heavy atom. The Bertz CT molecular complexity index is 1460. The monoisotopic (exact) mass is 476 g/mol. The molecule has 0 radical (unpaired) electrons. The zero-order chi connectivity index (χ0) is 18.5. The van der Waals surface area contributed by atoms with Crippen molar-refractivity contribution < 1.29 is 27.3 Å². The summed E-state index contributed by atoms with van der Waals surface area (Å²) in [6.07, 6.45) is 8.56. The zero-order valence-corrected chi connectivity index (χ0v) is 19.8. The molecular formula is C24H18CdN4. The average Bonchev–Trinajstić information content (AvgIpc) is 3.47. The fourth-order valence-corrected chi connectivity index (χ4v) is 3.90. The maximum Gasteiger partial charge on any atom is 0.0485 e. The molecular weight excluding hydrogens is 457 g/mol. The molecule has 0 saturated carbocycles. The summed E-state index contributed by atoms with van der Waals surface area (Å²) in [7, 11) is 0. The van der Waals surface area contributed by atoms with Crippen molar-refractivity contribution in [2.75, 3.05) is 0 Å². The third kappa shape index (κ3) is 3.33. The molecule has 5 aromatic rings. The topological polar surface area (TPSA) is 63.2 Å². The van der Waals surface area contributed by atoms with Gasteiger partial charge in [0.05, 0.1) is 0 Å². The van der Waals surface area contributed by atoms with Gasteiger partial charge in [0.15, 0.2) is 0 Å². The first-order valence-corrected chi connectivity index (χ1v) is 9.37. The van der Waals surface area contributed by atoms with Gasteiger partial charge in [0, 0.05) is 82.2 Å². The number of H-pyrrole nitrogens is 4. The van der Waals surface area contributed by atoms with Crippen LogP contribution in [-0.2, 0) is 27.3 Å². The quantitative estimate of drug-likeness (QED) is 0.243. The zero-order valence-electron chi connectivity index (χ0n) is 15.8. The van der Waals surface area contributed by atoms with Crippen molar-refractivity contribution in [1.82, 2.24) is 19.9 Å². The number of nitrogens with one attached hydrogen (secondary N) is 4. The maximum atomic E-state index is 3.59. The van der Waals surface area contributed by atoms with E-state index in [1.807, 2.05) is 0 Å². The van der Waals surface area contributed by atoms with E-state index in [0.29, 0.717) is 0 Å². The Hall–Kier alpha value is -3.00. The summed E-state index contributed by atoms with van der Waals surface area (Å²) >= 11 is 0. The van der Waals surface area contributed by atoms with Gasteiger partial charge >= 0.3 is 0 Å². The van der Waals surface area contributed by atoms with Gasteiger partial charge in [-0.25, -0.2) is 0 Å². The standard InChI is InChI=1S/C24H18N4.Cd/c1-2-4-22-21(3-1)23-13-19-9-7-17(26-19)11-15-5-6-16(25-15)12-18-8-10-20(27-18)14-24(22)28-23;/h1-14,25-28H;. The second kappa shape index (κ2) is 7.11. The van der Waals surface area contributed by atoms with Gasteiger partial charge in [-0.05, 0) is 60.7 Å². The van der Waals surface area contributed by atoms with Crippen molar-refractivity contribution in [2.45, 2.75) is 0 Å². The van der Waals surface area contributed by atoms with E-state index in [1.54, 1.807) is 0 Å². The van der Waals surface area contributed by atoms with E-state index in [-0.39, 0.29) is 27.3 Å². The molecule has 0 saturated heterocycles. The van der Waals surface area contributed by atoms with Gasteiger partial charge in [-0.3, -0.25) is 0 Å². The second-order valence-corrected chi connectivity index (χ2v) is 7.18. The molecule has 1 aromatic carbocycles. The maximum absolute atomic E-state index is 3.59. The van der Waals surface area contributed by atoms with Gasteiger partial charge in [-0.1, -0.05) is 24.3 Å². The molecule has 0 unspecified atom stereocenters. The molecule has 0 aliphatic carbocycles. The number of rotatable bonds is 0. The second-order valence-electron chi connectivity index (χ2n) is 7.18. The molecule has 0 fully saturated rings. The Kier molecular flexibility index (Phi) is 4.43. The van der Waals surface area contributed by atoms with E-state index in [1.165, 1.54) is 10.8 Å². The van der Waals surface area contributed by atoms with Gasteiger partial charge in [-0.15, -0.1) is 0 Å². The fourth-order valence-electron chi connectivity index (χ4n) is 3.90. The first-order chi connectivity index (χ1) is 13.8. The van der Waals surface area contributed by atoms with Crippen LogP contribution in [0.4, 0.5) is 0 Å². The molecule has 1 aliphatic rings. The van der Waals surface area contributed by atoms with E-state index in [4.69, 9.17) is 0 Å². The van der Waals surface area contributed by atoms with Crippen LogP contribution in [0.5, 0.6) is 0 Å². The van der Waals surface area contributed by atoms with Crippen LogP contribution in [0.3, 0.4) is 0 Å². The van der Waals surface area contributed by atoms with Gasteiger partial charge in [0.25, 0.3) is 0 Å². The molecule has 4 aromatic heterocycles. The van der Waals surface area contributed by atoms with Crippen molar-refractivity contribution >= 4 is 35.1 Å². The molecule has 4 N–H and O–H groups in total. The summed E-state index contributed by atoms with van der Waals surface area (Å²) in [5.41, 5.74) is 4.27. The molecule has 5 heteroatoms. The van der Waals surface area contributed by atoms with Crippen LogP contribution in [0.25, 0.3) is 35.1 Å². The van der Waals surface area contributed by atoms with Gasteiger partial charge in [0.2, 0.25) is 0 Å². The Labute approximate surface area is 186 Å². The van der Waals surface area contributed by atoms with Crippen molar-refractivity contribution in [2.24, 2.45) is 0 Å². The van der Waals surface area contributed by atoms with E-state index >= 15 is 0 Å². The summed E-state index contributed by atoms with van der Waals surface area (Å²) in [6.45, 7) is 0. The predicted octanol–water partition coefficient (Wildman–Crippen LogP) is 1.78. The minimum Gasteiger partial charge on any atom is -0.355 e. The third-order valence-corrected chi connectivity index (χ3v) is 5.19. The summed E-state index contributed by atoms with van der Waals surface area (Å²) in [6, 6.07) is 21.1. The van der Waals surface area contributed by atoms with Crippen LogP contribution in [0.1, 0.15) is 22.8 Å². The smallest absolute Gasteiger partial charge is 0.0485 e. The summed E-state index contributed by atoms with van der Waals surface area (Å²) in [4.78, 5) is 14.0. The molecule has 5 heterocycles. The summed E-state index contributed by atoms with van der Waals surface area (Å²) in [5.74, 6) is 0. The van der Waals surface area contributed by atoms with Crippen LogP contribution in [0.2, 0.25) is 0 Å². The summed E-state index contributed by atoms with van der Waals surface area (Å²) < 4.78 is 0. The van der Waals surface area contributed by atoms with E-state index in [9.17, 15) is 0 Å². The van der Waals surface area contributed by atoms with Gasteiger partial charge < -0.3 is 19.9 Å². The number of fused-ring (bicyclic) bond motifs is 11. The first-order valence-electron chi connectivity index (χ1n) is 9.37. The molecule has 4 nitrogen and oxygen atoms in total. The van der Waals surface area contributed by atoms with Crippen LogP contribution >= 0.6 is 0 Å². The number of aromatic amines is 4. The molecule has 0 spiro atoms. The molecule has 136 valence electrons. The van der Waals surface area contributed by atoms with Crippen LogP contribution in [-0.4, -0.2) is 19.9 Å².